The van der Waals surface area contributed by atoms with Crippen LogP contribution in [0.4, 0.5) is 0 Å². The molecule has 1 aromatic heterocycles. The fourth-order valence-corrected chi connectivity index (χ4v) is 3.40. The highest BCUT2D eigenvalue weighted by molar-refractivity contribution is 5.77. The third kappa shape index (κ3) is 1.88. The van der Waals surface area contributed by atoms with Gasteiger partial charge in [-0.3, -0.25) is 0 Å². The summed E-state index contributed by atoms with van der Waals surface area (Å²) in [5.74, 6) is 1.17. The Morgan fingerprint density at radius 3 is 2.74 bits per heavy atom. The maximum absolute atomic E-state index is 4.69. The summed E-state index contributed by atoms with van der Waals surface area (Å²) in [5.41, 5.74) is 4.24. The summed E-state index contributed by atoms with van der Waals surface area (Å²) in [6.07, 6.45) is 4.95. The predicted octanol–water partition coefficient (Wildman–Crippen LogP) is 2.78. The number of aryl methyl sites for hydroxylation is 2. The molecule has 0 amide bonds. The van der Waals surface area contributed by atoms with Crippen LogP contribution in [-0.2, 0) is 18.9 Å². The van der Waals surface area contributed by atoms with E-state index < -0.39 is 0 Å². The second kappa shape index (κ2) is 4.64. The Hall–Kier alpha value is -1.35. The summed E-state index contributed by atoms with van der Waals surface area (Å²) >= 11 is 0. The molecule has 1 fully saturated rings. The molecule has 0 bridgehead atoms. The molecule has 1 aromatic carbocycles. The SMILES string of the molecule is CCc1nc2ccc(C3(CNC)CCC3)cc2n1C. The van der Waals surface area contributed by atoms with Gasteiger partial charge >= 0.3 is 0 Å². The summed E-state index contributed by atoms with van der Waals surface area (Å²) in [4.78, 5) is 4.69. The van der Waals surface area contributed by atoms with Crippen molar-refractivity contribution in [3.63, 3.8) is 0 Å². The van der Waals surface area contributed by atoms with Gasteiger partial charge in [-0.05, 0) is 37.6 Å². The van der Waals surface area contributed by atoms with Crippen molar-refractivity contribution in [3.05, 3.63) is 29.6 Å². The molecule has 0 unspecified atom stereocenters. The van der Waals surface area contributed by atoms with E-state index in [-0.39, 0.29) is 0 Å². The monoisotopic (exact) mass is 257 g/mol. The molecule has 0 atom stereocenters. The Labute approximate surface area is 115 Å². The summed E-state index contributed by atoms with van der Waals surface area (Å²) in [7, 11) is 4.18. The Morgan fingerprint density at radius 2 is 2.16 bits per heavy atom. The second-order valence-electron chi connectivity index (χ2n) is 5.81. The van der Waals surface area contributed by atoms with E-state index >= 15 is 0 Å². The van der Waals surface area contributed by atoms with Crippen molar-refractivity contribution in [2.45, 2.75) is 38.0 Å². The zero-order valence-corrected chi connectivity index (χ0v) is 12.2. The van der Waals surface area contributed by atoms with Crippen molar-refractivity contribution >= 4 is 11.0 Å². The van der Waals surface area contributed by atoms with Crippen LogP contribution >= 0.6 is 0 Å². The molecule has 3 nitrogen and oxygen atoms in total. The van der Waals surface area contributed by atoms with Gasteiger partial charge in [-0.1, -0.05) is 19.4 Å². The smallest absolute Gasteiger partial charge is 0.109 e. The van der Waals surface area contributed by atoms with Gasteiger partial charge in [0.25, 0.3) is 0 Å². The van der Waals surface area contributed by atoms with Gasteiger partial charge in [0, 0.05) is 25.4 Å². The van der Waals surface area contributed by atoms with E-state index in [1.165, 1.54) is 36.2 Å². The summed E-state index contributed by atoms with van der Waals surface area (Å²) in [5, 5.41) is 3.37. The molecule has 0 saturated heterocycles. The number of benzene rings is 1. The van der Waals surface area contributed by atoms with Gasteiger partial charge in [0.2, 0.25) is 0 Å². The number of hydrogen-bond donors (Lipinski definition) is 1. The fraction of sp³-hybridized carbons (Fsp3) is 0.562. The average molecular weight is 257 g/mol. The van der Waals surface area contributed by atoms with Crippen LogP contribution in [0, 0.1) is 0 Å². The first-order chi connectivity index (χ1) is 9.20. The summed E-state index contributed by atoms with van der Waals surface area (Å²) in [6.45, 7) is 3.24. The Kier molecular flexibility index (Phi) is 3.09. The maximum Gasteiger partial charge on any atom is 0.109 e. The molecule has 19 heavy (non-hydrogen) atoms. The van der Waals surface area contributed by atoms with Gasteiger partial charge in [-0.2, -0.15) is 0 Å². The summed E-state index contributed by atoms with van der Waals surface area (Å²) in [6, 6.07) is 6.84. The van der Waals surface area contributed by atoms with Crippen LogP contribution in [0.25, 0.3) is 11.0 Å². The highest BCUT2D eigenvalue weighted by atomic mass is 15.1. The molecule has 1 saturated carbocycles. The topological polar surface area (TPSA) is 29.9 Å². The van der Waals surface area contributed by atoms with Crippen LogP contribution in [0.1, 0.15) is 37.6 Å². The van der Waals surface area contributed by atoms with Crippen LogP contribution in [0.15, 0.2) is 18.2 Å². The van der Waals surface area contributed by atoms with Crippen molar-refractivity contribution in [2.24, 2.45) is 7.05 Å². The van der Waals surface area contributed by atoms with E-state index in [1.54, 1.807) is 0 Å². The lowest BCUT2D eigenvalue weighted by Crippen LogP contribution is -2.42. The standard InChI is InChI=1S/C16H23N3/c1-4-15-18-13-7-6-12(10-14(13)19(15)3)16(11-17-2)8-5-9-16/h6-7,10,17H,4-5,8-9,11H2,1-3H3. The minimum absolute atomic E-state index is 0.361. The van der Waals surface area contributed by atoms with E-state index in [4.69, 9.17) is 4.98 Å². The van der Waals surface area contributed by atoms with Gasteiger partial charge in [0.1, 0.15) is 5.82 Å². The average Bonchev–Trinajstić information content (AvgIpc) is 2.70. The third-order valence-corrected chi connectivity index (χ3v) is 4.73. The van der Waals surface area contributed by atoms with E-state index in [1.807, 2.05) is 0 Å². The van der Waals surface area contributed by atoms with E-state index in [0.29, 0.717) is 5.41 Å². The molecule has 1 heterocycles. The van der Waals surface area contributed by atoms with Crippen LogP contribution < -0.4 is 5.32 Å². The van der Waals surface area contributed by atoms with Gasteiger partial charge in [0.05, 0.1) is 11.0 Å². The largest absolute Gasteiger partial charge is 0.331 e. The number of fused-ring (bicyclic) bond motifs is 1. The van der Waals surface area contributed by atoms with E-state index in [9.17, 15) is 0 Å². The van der Waals surface area contributed by atoms with Gasteiger partial charge in [0.15, 0.2) is 0 Å². The number of rotatable bonds is 4. The van der Waals surface area contributed by atoms with Gasteiger partial charge in [-0.15, -0.1) is 0 Å². The lowest BCUT2D eigenvalue weighted by Gasteiger charge is -2.42. The lowest BCUT2D eigenvalue weighted by molar-refractivity contribution is 0.239. The molecular weight excluding hydrogens is 234 g/mol. The first kappa shape index (κ1) is 12.7. The lowest BCUT2D eigenvalue weighted by atomic mass is 9.64. The predicted molar refractivity (Wildman–Crippen MR) is 79.5 cm³/mol. The van der Waals surface area contributed by atoms with Crippen molar-refractivity contribution in [1.29, 1.82) is 0 Å². The number of imidazole rings is 1. The number of hydrogen-bond acceptors (Lipinski definition) is 2. The molecule has 3 heteroatoms. The molecule has 1 aliphatic rings. The highest BCUT2D eigenvalue weighted by Crippen LogP contribution is 2.43. The molecule has 0 aliphatic heterocycles. The van der Waals surface area contributed by atoms with Crippen LogP contribution in [-0.4, -0.2) is 23.1 Å². The quantitative estimate of drug-likeness (QED) is 0.912. The molecule has 0 radical (unpaired) electrons. The Morgan fingerprint density at radius 1 is 1.37 bits per heavy atom. The number of nitrogens with one attached hydrogen (secondary N) is 1. The van der Waals surface area contributed by atoms with Crippen molar-refractivity contribution in [3.8, 4) is 0 Å². The van der Waals surface area contributed by atoms with Crippen LogP contribution in [0.5, 0.6) is 0 Å². The normalized spacial score (nSPS) is 17.6. The van der Waals surface area contributed by atoms with E-state index in [2.05, 4.69) is 49.1 Å². The molecule has 102 valence electrons. The number of likely N-dealkylation sites (N-methyl/N-ethyl adjacent to an activating group) is 1. The molecule has 3 rings (SSSR count). The zero-order chi connectivity index (χ0) is 13.5. The minimum Gasteiger partial charge on any atom is -0.331 e. The third-order valence-electron chi connectivity index (χ3n) is 4.73. The first-order valence-electron chi connectivity index (χ1n) is 7.30. The maximum atomic E-state index is 4.69. The van der Waals surface area contributed by atoms with Crippen molar-refractivity contribution in [1.82, 2.24) is 14.9 Å². The van der Waals surface area contributed by atoms with Crippen LogP contribution in [0.3, 0.4) is 0 Å². The second-order valence-corrected chi connectivity index (χ2v) is 5.81. The molecular formula is C16H23N3. The highest BCUT2D eigenvalue weighted by Gasteiger charge is 2.38. The van der Waals surface area contributed by atoms with Crippen molar-refractivity contribution in [2.75, 3.05) is 13.6 Å². The van der Waals surface area contributed by atoms with Gasteiger partial charge in [-0.25, -0.2) is 4.98 Å². The fourth-order valence-electron chi connectivity index (χ4n) is 3.40. The van der Waals surface area contributed by atoms with E-state index in [0.717, 1.165) is 18.5 Å². The number of nitrogens with zero attached hydrogens (tertiary/aromatic N) is 2. The molecule has 0 spiro atoms. The Balaban J connectivity index is 2.08. The van der Waals surface area contributed by atoms with Crippen molar-refractivity contribution < 1.29 is 0 Å². The molecule has 1 aliphatic carbocycles. The first-order valence-corrected chi connectivity index (χ1v) is 7.30. The van der Waals surface area contributed by atoms with Gasteiger partial charge < -0.3 is 9.88 Å². The molecule has 2 aromatic rings. The number of aromatic nitrogens is 2. The molecule has 1 N–H and O–H groups in total. The zero-order valence-electron chi connectivity index (χ0n) is 12.2. The van der Waals surface area contributed by atoms with Crippen LogP contribution in [0.2, 0.25) is 0 Å². The summed E-state index contributed by atoms with van der Waals surface area (Å²) < 4.78 is 2.24. The minimum atomic E-state index is 0.361. The Bertz CT molecular complexity index is 593.